The molecule has 194 valence electrons. The number of rotatable bonds is 6. The van der Waals surface area contributed by atoms with E-state index in [1.165, 1.54) is 11.8 Å². The third kappa shape index (κ3) is 5.43. The van der Waals surface area contributed by atoms with Gasteiger partial charge in [0.05, 0.1) is 25.8 Å². The molecule has 0 bridgehead atoms. The Bertz CT molecular complexity index is 1060. The summed E-state index contributed by atoms with van der Waals surface area (Å²) >= 11 is 0. The van der Waals surface area contributed by atoms with Crippen molar-refractivity contribution in [1.82, 2.24) is 10.2 Å². The number of nitrogens with zero attached hydrogens (tertiary/aromatic N) is 2. The Morgan fingerprint density at radius 1 is 1.19 bits per heavy atom. The van der Waals surface area contributed by atoms with Gasteiger partial charge in [0.2, 0.25) is 11.7 Å². The van der Waals surface area contributed by atoms with Crippen molar-refractivity contribution < 1.29 is 33.5 Å². The molecule has 2 amide bonds. The molecule has 10 nitrogen and oxygen atoms in total. The van der Waals surface area contributed by atoms with Crippen LogP contribution in [-0.4, -0.2) is 77.7 Å². The quantitative estimate of drug-likeness (QED) is 0.597. The van der Waals surface area contributed by atoms with Crippen molar-refractivity contribution in [2.75, 3.05) is 19.8 Å². The van der Waals surface area contributed by atoms with E-state index in [9.17, 15) is 19.2 Å². The Morgan fingerprint density at radius 3 is 2.53 bits per heavy atom. The minimum Gasteiger partial charge on any atom is -0.444 e. The lowest BCUT2D eigenvalue weighted by atomic mass is 9.85. The number of oxime groups is 1. The zero-order valence-electron chi connectivity index (χ0n) is 21.1. The average Bonchev–Trinajstić information content (AvgIpc) is 3.57. The number of ketones is 2. The van der Waals surface area contributed by atoms with Gasteiger partial charge in [-0.25, -0.2) is 4.79 Å². The molecule has 0 aromatic heterocycles. The highest BCUT2D eigenvalue weighted by Gasteiger charge is 2.55. The molecular formula is C26H33N3O7. The van der Waals surface area contributed by atoms with Gasteiger partial charge >= 0.3 is 6.09 Å². The molecule has 0 aliphatic carbocycles. The van der Waals surface area contributed by atoms with Gasteiger partial charge in [-0.15, -0.1) is 0 Å². The van der Waals surface area contributed by atoms with E-state index in [1.807, 2.05) is 26.8 Å². The minimum absolute atomic E-state index is 0.0743. The lowest BCUT2D eigenvalue weighted by Gasteiger charge is -2.35. The van der Waals surface area contributed by atoms with Crippen LogP contribution in [0.4, 0.5) is 4.79 Å². The van der Waals surface area contributed by atoms with E-state index < -0.39 is 35.1 Å². The van der Waals surface area contributed by atoms with Crippen LogP contribution >= 0.6 is 0 Å². The van der Waals surface area contributed by atoms with Crippen molar-refractivity contribution in [2.24, 2.45) is 10.6 Å². The first kappa shape index (κ1) is 25.8. The van der Waals surface area contributed by atoms with Crippen molar-refractivity contribution in [3.05, 3.63) is 35.9 Å². The molecule has 0 saturated carbocycles. The third-order valence-electron chi connectivity index (χ3n) is 6.83. The van der Waals surface area contributed by atoms with E-state index in [2.05, 4.69) is 10.5 Å². The largest absolute Gasteiger partial charge is 0.444 e. The Kier molecular flexibility index (Phi) is 7.17. The smallest absolute Gasteiger partial charge is 0.408 e. The zero-order valence-corrected chi connectivity index (χ0v) is 21.1. The van der Waals surface area contributed by atoms with Crippen molar-refractivity contribution in [2.45, 2.75) is 70.7 Å². The second-order valence-electron chi connectivity index (χ2n) is 10.8. The van der Waals surface area contributed by atoms with E-state index >= 15 is 0 Å². The molecule has 0 radical (unpaired) electrons. The summed E-state index contributed by atoms with van der Waals surface area (Å²) in [5.41, 5.74) is -0.892. The summed E-state index contributed by atoms with van der Waals surface area (Å²) in [4.78, 5) is 59.0. The number of carbonyl (C=O) groups excluding carboxylic acids is 4. The summed E-state index contributed by atoms with van der Waals surface area (Å²) in [5.74, 6) is -0.861. The summed E-state index contributed by atoms with van der Waals surface area (Å²) in [5, 5.41) is 6.76. The first-order valence-electron chi connectivity index (χ1n) is 12.2. The molecule has 1 spiro atoms. The number of hydrogen-bond acceptors (Lipinski definition) is 8. The monoisotopic (exact) mass is 499 g/mol. The van der Waals surface area contributed by atoms with Crippen molar-refractivity contribution >= 4 is 29.3 Å². The predicted octanol–water partition coefficient (Wildman–Crippen LogP) is 2.50. The van der Waals surface area contributed by atoms with Gasteiger partial charge in [0.1, 0.15) is 17.9 Å². The summed E-state index contributed by atoms with van der Waals surface area (Å²) in [6.07, 6.45) is -0.0620. The van der Waals surface area contributed by atoms with Gasteiger partial charge in [-0.2, -0.15) is 0 Å². The maximum absolute atomic E-state index is 13.8. The first-order valence-corrected chi connectivity index (χ1v) is 12.2. The van der Waals surface area contributed by atoms with E-state index in [0.717, 1.165) is 0 Å². The van der Waals surface area contributed by atoms with Gasteiger partial charge in [0, 0.05) is 24.8 Å². The molecule has 36 heavy (non-hydrogen) atoms. The summed E-state index contributed by atoms with van der Waals surface area (Å²) in [6.45, 7) is 7.82. The molecule has 3 unspecified atom stereocenters. The van der Waals surface area contributed by atoms with Crippen LogP contribution in [0.5, 0.6) is 0 Å². The number of nitrogens with one attached hydrogen (secondary N) is 1. The highest BCUT2D eigenvalue weighted by molar-refractivity contribution is 6.46. The average molecular weight is 500 g/mol. The fourth-order valence-corrected chi connectivity index (χ4v) is 4.86. The molecule has 1 N–H and O–H groups in total. The van der Waals surface area contributed by atoms with Crippen LogP contribution in [0, 0.1) is 5.41 Å². The van der Waals surface area contributed by atoms with Crippen molar-refractivity contribution in [1.29, 1.82) is 0 Å². The van der Waals surface area contributed by atoms with Crippen LogP contribution in [0.25, 0.3) is 0 Å². The number of hydrogen-bond donors (Lipinski definition) is 1. The van der Waals surface area contributed by atoms with Crippen LogP contribution in [0.3, 0.4) is 0 Å². The fraction of sp³-hybridized carbons (Fsp3) is 0.577. The van der Waals surface area contributed by atoms with Crippen LogP contribution in [0.2, 0.25) is 0 Å². The second kappa shape index (κ2) is 10.0. The summed E-state index contributed by atoms with van der Waals surface area (Å²) in [7, 11) is 0. The Balaban J connectivity index is 1.49. The molecule has 2 fully saturated rings. The first-order chi connectivity index (χ1) is 17.0. The lowest BCUT2D eigenvalue weighted by Crippen LogP contribution is -2.57. The van der Waals surface area contributed by atoms with Crippen molar-refractivity contribution in [3.8, 4) is 0 Å². The molecule has 2 saturated heterocycles. The van der Waals surface area contributed by atoms with Crippen LogP contribution < -0.4 is 5.32 Å². The van der Waals surface area contributed by atoms with E-state index in [4.69, 9.17) is 14.3 Å². The van der Waals surface area contributed by atoms with Crippen LogP contribution in [0.1, 0.15) is 57.3 Å². The highest BCUT2D eigenvalue weighted by atomic mass is 16.7. The van der Waals surface area contributed by atoms with Crippen LogP contribution in [0.15, 0.2) is 35.5 Å². The summed E-state index contributed by atoms with van der Waals surface area (Å²) < 4.78 is 10.6. The van der Waals surface area contributed by atoms with Gasteiger partial charge in [-0.1, -0.05) is 56.3 Å². The molecule has 3 aliphatic rings. The number of alkyl carbamates (subject to hydrolysis) is 1. The SMILES string of the molecule is CC(=O)C1CC2(CC(C(=O)c3ccccc3)=NO2)CN1C(=O)C(NC(=O)O[C@H]1CCOC1)C(C)(C)C. The van der Waals surface area contributed by atoms with E-state index in [0.29, 0.717) is 25.2 Å². The normalized spacial score (nSPS) is 26.3. The molecule has 1 aromatic carbocycles. The van der Waals surface area contributed by atoms with Crippen LogP contribution in [-0.2, 0) is 23.9 Å². The molecule has 4 atom stereocenters. The minimum atomic E-state index is -0.976. The lowest BCUT2D eigenvalue weighted by molar-refractivity contribution is -0.141. The number of likely N-dealkylation sites (tertiary alicyclic amines) is 1. The highest BCUT2D eigenvalue weighted by Crippen LogP contribution is 2.39. The van der Waals surface area contributed by atoms with Gasteiger partial charge < -0.3 is 24.5 Å². The molecule has 10 heteroatoms. The molecule has 3 aliphatic heterocycles. The Morgan fingerprint density at radius 2 is 1.92 bits per heavy atom. The topological polar surface area (TPSA) is 124 Å². The number of benzene rings is 1. The zero-order chi connectivity index (χ0) is 26.1. The van der Waals surface area contributed by atoms with Gasteiger partial charge in [0.15, 0.2) is 11.4 Å². The maximum atomic E-state index is 13.8. The number of ether oxygens (including phenoxy) is 2. The Labute approximate surface area is 210 Å². The standard InChI is InChI=1S/C26H33N3O7/c1-16(30)20-13-26(12-19(28-36-26)21(31)17-8-6-5-7-9-17)15-29(20)23(32)22(25(2,3)4)27-24(33)35-18-10-11-34-14-18/h5-9,18,20,22H,10-15H2,1-4H3,(H,27,33)/t18-,20?,22?,26?/m0/s1. The van der Waals surface area contributed by atoms with Gasteiger partial charge in [0.25, 0.3) is 0 Å². The number of Topliss-reactive ketones (excluding diaryl/α,β-unsaturated/α-hetero) is 2. The summed E-state index contributed by atoms with van der Waals surface area (Å²) in [6, 6.07) is 7.06. The number of carbonyl (C=O) groups is 4. The molecular weight excluding hydrogens is 466 g/mol. The maximum Gasteiger partial charge on any atom is 0.408 e. The van der Waals surface area contributed by atoms with Gasteiger partial charge in [-0.05, 0) is 12.3 Å². The third-order valence-corrected chi connectivity index (χ3v) is 6.83. The van der Waals surface area contributed by atoms with Gasteiger partial charge in [-0.3, -0.25) is 14.4 Å². The molecule has 1 aromatic rings. The van der Waals surface area contributed by atoms with E-state index in [-0.39, 0.29) is 42.8 Å². The fourth-order valence-electron chi connectivity index (χ4n) is 4.86. The predicted molar refractivity (Wildman–Crippen MR) is 130 cm³/mol. The second-order valence-corrected chi connectivity index (χ2v) is 10.8. The van der Waals surface area contributed by atoms with E-state index in [1.54, 1.807) is 24.3 Å². The molecule has 4 rings (SSSR count). The Hall–Kier alpha value is -3.27. The molecule has 3 heterocycles. The van der Waals surface area contributed by atoms with Crippen molar-refractivity contribution in [3.63, 3.8) is 0 Å². The number of amides is 2.